The van der Waals surface area contributed by atoms with Gasteiger partial charge in [0.25, 0.3) is 0 Å². The molecule has 0 aromatic heterocycles. The van der Waals surface area contributed by atoms with E-state index in [0.717, 1.165) is 70.6 Å². The third-order valence-electron chi connectivity index (χ3n) is 10.8. The molecule has 0 bridgehead atoms. The molecular formula is C49H87NO8. The summed E-state index contributed by atoms with van der Waals surface area (Å²) in [6, 6.07) is -0.836. The number of amides is 1. The van der Waals surface area contributed by atoms with Crippen LogP contribution in [0.5, 0.6) is 0 Å². The van der Waals surface area contributed by atoms with Gasteiger partial charge in [-0.2, -0.15) is 0 Å². The quantitative estimate of drug-likeness (QED) is 0.0267. The van der Waals surface area contributed by atoms with Crippen LogP contribution in [0.2, 0.25) is 0 Å². The molecule has 1 aliphatic rings. The van der Waals surface area contributed by atoms with Crippen molar-refractivity contribution in [3.63, 3.8) is 0 Å². The maximum Gasteiger partial charge on any atom is 0.220 e. The molecule has 336 valence electrons. The molecule has 7 unspecified atom stereocenters. The van der Waals surface area contributed by atoms with Crippen molar-refractivity contribution >= 4 is 5.91 Å². The SMILES string of the molecule is CCCCC/C=C\C/C=C\CCCCCCCC(=O)NC(COC1OC(CO)C(O)C(O)C1O)C(O)/C=C/CC/C=C/CC/C=C/CCCCCCCCCCCC. The molecular weight excluding hydrogens is 731 g/mol. The van der Waals surface area contributed by atoms with Crippen molar-refractivity contribution in [3.05, 3.63) is 60.8 Å². The fourth-order valence-corrected chi connectivity index (χ4v) is 6.98. The van der Waals surface area contributed by atoms with Crippen molar-refractivity contribution in [2.75, 3.05) is 13.2 Å². The maximum atomic E-state index is 12.9. The lowest BCUT2D eigenvalue weighted by molar-refractivity contribution is -0.302. The van der Waals surface area contributed by atoms with Crippen LogP contribution in [0.1, 0.15) is 187 Å². The molecule has 1 saturated heterocycles. The summed E-state index contributed by atoms with van der Waals surface area (Å²) in [7, 11) is 0. The molecule has 1 fully saturated rings. The van der Waals surface area contributed by atoms with Crippen LogP contribution in [0.25, 0.3) is 0 Å². The normalized spacial score (nSPS) is 21.4. The largest absolute Gasteiger partial charge is 0.394 e. The predicted molar refractivity (Wildman–Crippen MR) is 239 cm³/mol. The first-order chi connectivity index (χ1) is 28.3. The Bertz CT molecular complexity index is 1090. The van der Waals surface area contributed by atoms with Crippen molar-refractivity contribution in [1.29, 1.82) is 0 Å². The number of hydrogen-bond donors (Lipinski definition) is 6. The number of unbranched alkanes of at least 4 members (excludes halogenated alkanes) is 20. The second-order valence-electron chi connectivity index (χ2n) is 16.2. The van der Waals surface area contributed by atoms with Gasteiger partial charge in [-0.3, -0.25) is 4.79 Å². The van der Waals surface area contributed by atoms with E-state index in [1.807, 2.05) is 6.08 Å². The summed E-state index contributed by atoms with van der Waals surface area (Å²) in [5.41, 5.74) is 0. The molecule has 1 amide bonds. The third kappa shape index (κ3) is 29.2. The van der Waals surface area contributed by atoms with Gasteiger partial charge in [-0.05, 0) is 77.0 Å². The van der Waals surface area contributed by atoms with Crippen molar-refractivity contribution in [3.8, 4) is 0 Å². The van der Waals surface area contributed by atoms with Gasteiger partial charge in [0.05, 0.1) is 25.4 Å². The average molecular weight is 818 g/mol. The lowest BCUT2D eigenvalue weighted by Gasteiger charge is -2.40. The van der Waals surface area contributed by atoms with Crippen LogP contribution in [-0.2, 0) is 14.3 Å². The summed E-state index contributed by atoms with van der Waals surface area (Å²) < 4.78 is 11.2. The van der Waals surface area contributed by atoms with Crippen molar-refractivity contribution < 1.29 is 39.8 Å². The van der Waals surface area contributed by atoms with Gasteiger partial charge in [0.1, 0.15) is 24.4 Å². The summed E-state index contributed by atoms with van der Waals surface area (Å²) in [6.45, 7) is 3.70. The second kappa shape index (κ2) is 39.1. The molecule has 0 radical (unpaired) electrons. The highest BCUT2D eigenvalue weighted by Gasteiger charge is 2.44. The van der Waals surface area contributed by atoms with Crippen LogP contribution >= 0.6 is 0 Å². The van der Waals surface area contributed by atoms with Crippen LogP contribution in [0, 0.1) is 0 Å². The van der Waals surface area contributed by atoms with Gasteiger partial charge in [-0.1, -0.05) is 164 Å². The maximum absolute atomic E-state index is 12.9. The second-order valence-corrected chi connectivity index (χ2v) is 16.2. The van der Waals surface area contributed by atoms with Crippen molar-refractivity contribution in [2.45, 2.75) is 230 Å². The van der Waals surface area contributed by atoms with E-state index >= 15 is 0 Å². The van der Waals surface area contributed by atoms with Gasteiger partial charge >= 0.3 is 0 Å². The number of ether oxygens (including phenoxy) is 2. The zero-order chi connectivity index (χ0) is 42.3. The van der Waals surface area contributed by atoms with Gasteiger partial charge in [-0.25, -0.2) is 0 Å². The smallest absolute Gasteiger partial charge is 0.220 e. The zero-order valence-electron chi connectivity index (χ0n) is 36.8. The van der Waals surface area contributed by atoms with Crippen LogP contribution in [0.3, 0.4) is 0 Å². The number of hydrogen-bond acceptors (Lipinski definition) is 8. The lowest BCUT2D eigenvalue weighted by Crippen LogP contribution is -2.60. The Morgan fingerprint density at radius 1 is 0.586 bits per heavy atom. The number of allylic oxidation sites excluding steroid dienone is 9. The van der Waals surface area contributed by atoms with E-state index in [2.05, 4.69) is 67.8 Å². The molecule has 6 N–H and O–H groups in total. The monoisotopic (exact) mass is 818 g/mol. The van der Waals surface area contributed by atoms with E-state index in [4.69, 9.17) is 9.47 Å². The molecule has 0 aromatic carbocycles. The van der Waals surface area contributed by atoms with Gasteiger partial charge in [0.15, 0.2) is 6.29 Å². The van der Waals surface area contributed by atoms with Crippen LogP contribution < -0.4 is 5.32 Å². The van der Waals surface area contributed by atoms with Crippen LogP contribution in [-0.4, -0.2) is 87.5 Å². The number of aliphatic hydroxyl groups is 5. The van der Waals surface area contributed by atoms with Crippen molar-refractivity contribution in [2.24, 2.45) is 0 Å². The molecule has 0 aromatic rings. The molecule has 0 saturated carbocycles. The van der Waals surface area contributed by atoms with E-state index in [0.29, 0.717) is 6.42 Å². The minimum absolute atomic E-state index is 0.207. The average Bonchev–Trinajstić information content (AvgIpc) is 3.22. The van der Waals surface area contributed by atoms with Gasteiger partial charge in [0.2, 0.25) is 5.91 Å². The lowest BCUT2D eigenvalue weighted by atomic mass is 9.99. The Hall–Kier alpha value is -2.11. The summed E-state index contributed by atoms with van der Waals surface area (Å²) in [6.07, 6.45) is 44.0. The fourth-order valence-electron chi connectivity index (χ4n) is 6.98. The van der Waals surface area contributed by atoms with Gasteiger partial charge in [-0.15, -0.1) is 0 Å². The van der Waals surface area contributed by atoms with E-state index in [9.17, 15) is 30.3 Å². The molecule has 1 aliphatic heterocycles. The topological polar surface area (TPSA) is 149 Å². The number of aliphatic hydroxyl groups excluding tert-OH is 5. The molecule has 9 nitrogen and oxygen atoms in total. The first kappa shape index (κ1) is 53.9. The van der Waals surface area contributed by atoms with E-state index < -0.39 is 49.5 Å². The Balaban J connectivity index is 2.41. The Labute approximate surface area is 354 Å². The summed E-state index contributed by atoms with van der Waals surface area (Å²) >= 11 is 0. The summed E-state index contributed by atoms with van der Waals surface area (Å²) in [4.78, 5) is 12.9. The minimum atomic E-state index is -1.58. The summed E-state index contributed by atoms with van der Waals surface area (Å²) in [5.74, 6) is -0.207. The van der Waals surface area contributed by atoms with Crippen LogP contribution in [0.4, 0.5) is 0 Å². The molecule has 1 heterocycles. The minimum Gasteiger partial charge on any atom is -0.394 e. The standard InChI is InChI=1S/C49H87NO8/c1-3-5-7-9-11-13-15-17-19-20-21-22-23-25-26-28-30-32-34-36-38-43(52)42(41-57-49-48(56)47(55)46(54)44(40-51)58-49)50-45(53)39-37-35-33-31-29-27-24-18-16-14-12-10-8-6-4-2/h12,14,18,22-24,28,30,36,38,42-44,46-49,51-52,54-56H,3-11,13,15-17,19-21,25-27,29,31-35,37,39-41H2,1-2H3,(H,50,53)/b14-12-,23-22+,24-18-,30-28+,38-36+. The molecule has 1 rings (SSSR count). The highest BCUT2D eigenvalue weighted by Crippen LogP contribution is 2.22. The van der Waals surface area contributed by atoms with Crippen LogP contribution in [0.15, 0.2) is 60.8 Å². The molecule has 9 heteroatoms. The first-order valence-electron chi connectivity index (χ1n) is 23.5. The Morgan fingerprint density at radius 3 is 1.59 bits per heavy atom. The summed E-state index contributed by atoms with van der Waals surface area (Å²) in [5, 5.41) is 54.2. The predicted octanol–water partition coefficient (Wildman–Crippen LogP) is 10.0. The first-order valence-corrected chi connectivity index (χ1v) is 23.5. The van der Waals surface area contributed by atoms with E-state index in [1.165, 1.54) is 96.3 Å². The number of carbonyl (C=O) groups excluding carboxylic acids is 1. The van der Waals surface area contributed by atoms with Gasteiger partial charge in [0, 0.05) is 6.42 Å². The molecule has 7 atom stereocenters. The van der Waals surface area contributed by atoms with Gasteiger partial charge < -0.3 is 40.3 Å². The molecule has 0 spiro atoms. The number of nitrogens with one attached hydrogen (secondary N) is 1. The zero-order valence-corrected chi connectivity index (χ0v) is 36.8. The highest BCUT2D eigenvalue weighted by molar-refractivity contribution is 5.76. The fraction of sp³-hybridized carbons (Fsp3) is 0.776. The van der Waals surface area contributed by atoms with E-state index in [-0.39, 0.29) is 12.5 Å². The van der Waals surface area contributed by atoms with Crippen molar-refractivity contribution in [1.82, 2.24) is 5.32 Å². The molecule has 58 heavy (non-hydrogen) atoms. The molecule has 0 aliphatic carbocycles. The third-order valence-corrected chi connectivity index (χ3v) is 10.8. The number of carbonyl (C=O) groups is 1. The highest BCUT2D eigenvalue weighted by atomic mass is 16.7. The number of rotatable bonds is 38. The van der Waals surface area contributed by atoms with E-state index in [1.54, 1.807) is 6.08 Å². The Kier molecular flexibility index (Phi) is 36.3. The Morgan fingerprint density at radius 2 is 1.03 bits per heavy atom.